The van der Waals surface area contributed by atoms with Crippen LogP contribution in [0.15, 0.2) is 59.6 Å². The number of ketones is 1. The summed E-state index contributed by atoms with van der Waals surface area (Å²) in [5, 5.41) is 9.22. The number of para-hydroxylation sites is 1. The van der Waals surface area contributed by atoms with Crippen LogP contribution < -0.4 is 4.90 Å². The number of allylic oxidation sites excluding steroid dienone is 1. The second-order valence-electron chi connectivity index (χ2n) is 7.89. The zero-order chi connectivity index (χ0) is 20.6. The molecule has 0 bridgehead atoms. The van der Waals surface area contributed by atoms with E-state index in [9.17, 15) is 4.79 Å². The number of rotatable bonds is 3. The first-order chi connectivity index (χ1) is 13.9. The van der Waals surface area contributed by atoms with Gasteiger partial charge in [0.15, 0.2) is 0 Å². The maximum atomic E-state index is 13.6. The zero-order valence-corrected chi connectivity index (χ0v) is 17.4. The normalized spacial score (nSPS) is 21.8. The van der Waals surface area contributed by atoms with Crippen LogP contribution in [-0.2, 0) is 4.79 Å². The molecule has 1 unspecified atom stereocenters. The first kappa shape index (κ1) is 19.6. The predicted molar refractivity (Wildman–Crippen MR) is 121 cm³/mol. The van der Waals surface area contributed by atoms with Gasteiger partial charge in [-0.15, -0.1) is 0 Å². The molecular formula is C24H24ClN3O. The Bertz CT molecular complexity index is 1020. The van der Waals surface area contributed by atoms with Crippen molar-refractivity contribution in [1.29, 1.82) is 5.41 Å². The highest BCUT2D eigenvalue weighted by molar-refractivity contribution is 6.46. The van der Waals surface area contributed by atoms with Gasteiger partial charge in [-0.3, -0.25) is 9.79 Å². The molecular weight excluding hydrogens is 382 g/mol. The summed E-state index contributed by atoms with van der Waals surface area (Å²) in [4.78, 5) is 20.2. The summed E-state index contributed by atoms with van der Waals surface area (Å²) in [6.45, 7) is 5.34. The third kappa shape index (κ3) is 3.32. The number of benzodiazepines with no additional fused rings is 1. The number of hydrogen-bond acceptors (Lipinski definition) is 4. The van der Waals surface area contributed by atoms with E-state index >= 15 is 0 Å². The standard InChI is InChI=1S/C24H24ClN3O/c1-16(2)24(28-12-11-27-15-18-5-3-4-6-22(18)28)14-19(13-21(26)23(24)29)17-7-9-20(25)10-8-17/h3-10,14-16,26H,11-13H2,1-2H3. The molecule has 1 atom stereocenters. The smallest absolute Gasteiger partial charge is 0.206 e. The summed E-state index contributed by atoms with van der Waals surface area (Å²) in [7, 11) is 0. The van der Waals surface area contributed by atoms with Gasteiger partial charge in [0.05, 0.1) is 12.3 Å². The number of carbonyl (C=O) groups excluding carboxylic acids is 1. The van der Waals surface area contributed by atoms with E-state index in [-0.39, 0.29) is 17.4 Å². The van der Waals surface area contributed by atoms with Crippen LogP contribution in [0.1, 0.15) is 31.4 Å². The fourth-order valence-corrected chi connectivity index (χ4v) is 4.48. The Labute approximate surface area is 176 Å². The van der Waals surface area contributed by atoms with Gasteiger partial charge in [-0.25, -0.2) is 0 Å². The third-order valence-corrected chi connectivity index (χ3v) is 6.10. The molecule has 0 saturated carbocycles. The van der Waals surface area contributed by atoms with Crippen molar-refractivity contribution >= 4 is 40.6 Å². The molecule has 0 spiro atoms. The number of benzene rings is 2. The number of fused-ring (bicyclic) bond motifs is 1. The van der Waals surface area contributed by atoms with Crippen molar-refractivity contribution in [2.24, 2.45) is 10.9 Å². The van der Waals surface area contributed by atoms with Crippen molar-refractivity contribution in [1.82, 2.24) is 0 Å². The fourth-order valence-electron chi connectivity index (χ4n) is 4.35. The van der Waals surface area contributed by atoms with Gasteiger partial charge in [0, 0.05) is 35.5 Å². The second kappa shape index (κ2) is 7.60. The Morgan fingerprint density at radius 3 is 2.59 bits per heavy atom. The van der Waals surface area contributed by atoms with Gasteiger partial charge >= 0.3 is 0 Å². The number of anilines is 1. The van der Waals surface area contributed by atoms with E-state index in [1.807, 2.05) is 54.7 Å². The van der Waals surface area contributed by atoms with Gasteiger partial charge in [-0.1, -0.05) is 55.8 Å². The number of nitrogens with zero attached hydrogens (tertiary/aromatic N) is 2. The molecule has 1 N–H and O–H groups in total. The summed E-state index contributed by atoms with van der Waals surface area (Å²) >= 11 is 6.07. The number of carbonyl (C=O) groups is 1. The Balaban J connectivity index is 1.92. The van der Waals surface area contributed by atoms with Crippen LogP contribution in [-0.4, -0.2) is 36.3 Å². The molecule has 0 aromatic heterocycles. The summed E-state index contributed by atoms with van der Waals surface area (Å²) in [6.07, 6.45) is 4.30. The SMILES string of the molecule is CC(C)C1(N2CCN=Cc3ccccc32)C=C(c2ccc(Cl)cc2)CC(=N)C1=O. The number of hydrogen-bond donors (Lipinski definition) is 1. The molecule has 0 radical (unpaired) electrons. The minimum Gasteiger partial charge on any atom is -0.353 e. The minimum atomic E-state index is -0.923. The summed E-state index contributed by atoms with van der Waals surface area (Å²) < 4.78 is 0. The molecule has 0 saturated heterocycles. The molecule has 148 valence electrons. The van der Waals surface area contributed by atoms with Crippen LogP contribution in [0.3, 0.4) is 0 Å². The van der Waals surface area contributed by atoms with Gasteiger partial charge < -0.3 is 10.3 Å². The quantitative estimate of drug-likeness (QED) is 0.776. The molecule has 29 heavy (non-hydrogen) atoms. The highest BCUT2D eigenvalue weighted by Crippen LogP contribution is 2.41. The lowest BCUT2D eigenvalue weighted by molar-refractivity contribution is -0.117. The Kier molecular flexibility index (Phi) is 5.13. The lowest BCUT2D eigenvalue weighted by Gasteiger charge is -2.47. The van der Waals surface area contributed by atoms with Crippen molar-refractivity contribution in [3.8, 4) is 0 Å². The van der Waals surface area contributed by atoms with E-state index in [1.165, 1.54) is 0 Å². The summed E-state index contributed by atoms with van der Waals surface area (Å²) in [5.41, 5.74) is 3.19. The first-order valence-electron chi connectivity index (χ1n) is 9.90. The molecule has 2 aliphatic rings. The number of halogens is 1. The van der Waals surface area contributed by atoms with Crippen molar-refractivity contribution in [2.45, 2.75) is 25.8 Å². The van der Waals surface area contributed by atoms with Crippen LogP contribution >= 0.6 is 11.6 Å². The Morgan fingerprint density at radius 2 is 1.86 bits per heavy atom. The first-order valence-corrected chi connectivity index (χ1v) is 10.3. The highest BCUT2D eigenvalue weighted by atomic mass is 35.5. The maximum absolute atomic E-state index is 13.6. The van der Waals surface area contributed by atoms with Gasteiger partial charge in [-0.05, 0) is 41.3 Å². The van der Waals surface area contributed by atoms with Gasteiger partial charge in [0.1, 0.15) is 5.54 Å². The van der Waals surface area contributed by atoms with E-state index < -0.39 is 5.54 Å². The Morgan fingerprint density at radius 1 is 1.14 bits per heavy atom. The molecule has 5 heteroatoms. The topological polar surface area (TPSA) is 56.5 Å². The van der Waals surface area contributed by atoms with E-state index in [2.05, 4.69) is 29.8 Å². The Hall–Kier alpha value is -2.72. The second-order valence-corrected chi connectivity index (χ2v) is 8.32. The van der Waals surface area contributed by atoms with Crippen molar-refractivity contribution in [3.63, 3.8) is 0 Å². The predicted octanol–water partition coefficient (Wildman–Crippen LogP) is 5.05. The fraction of sp³-hybridized carbons (Fsp3) is 0.292. The van der Waals surface area contributed by atoms with Crippen LogP contribution in [0.25, 0.3) is 5.57 Å². The molecule has 4 nitrogen and oxygen atoms in total. The van der Waals surface area contributed by atoms with Crippen LogP contribution in [0, 0.1) is 11.3 Å². The maximum Gasteiger partial charge on any atom is 0.206 e. The average molecular weight is 406 g/mol. The largest absolute Gasteiger partial charge is 0.353 e. The van der Waals surface area contributed by atoms with Crippen molar-refractivity contribution in [3.05, 3.63) is 70.8 Å². The van der Waals surface area contributed by atoms with Gasteiger partial charge in [0.2, 0.25) is 5.78 Å². The van der Waals surface area contributed by atoms with Crippen molar-refractivity contribution in [2.75, 3.05) is 18.0 Å². The van der Waals surface area contributed by atoms with E-state index in [4.69, 9.17) is 17.0 Å². The number of Topliss-reactive ketones (excluding diaryl/α,β-unsaturated/α-hetero) is 1. The molecule has 1 heterocycles. The molecule has 1 aliphatic carbocycles. The average Bonchev–Trinajstić information content (AvgIpc) is 2.93. The van der Waals surface area contributed by atoms with E-state index in [0.717, 1.165) is 22.4 Å². The zero-order valence-electron chi connectivity index (χ0n) is 16.7. The van der Waals surface area contributed by atoms with E-state index in [0.29, 0.717) is 24.5 Å². The molecule has 0 amide bonds. The molecule has 1 aliphatic heterocycles. The minimum absolute atomic E-state index is 0.0240. The van der Waals surface area contributed by atoms with Crippen molar-refractivity contribution < 1.29 is 4.79 Å². The van der Waals surface area contributed by atoms with Crippen LogP contribution in [0.2, 0.25) is 5.02 Å². The molecule has 2 aromatic carbocycles. The summed E-state index contributed by atoms with van der Waals surface area (Å²) in [5.74, 6) is -0.147. The van der Waals surface area contributed by atoms with Gasteiger partial charge in [0.25, 0.3) is 0 Å². The number of nitrogens with one attached hydrogen (secondary N) is 1. The van der Waals surface area contributed by atoms with E-state index in [1.54, 1.807) is 0 Å². The number of aliphatic imine (C=N–C) groups is 1. The van der Waals surface area contributed by atoms with Gasteiger partial charge in [-0.2, -0.15) is 0 Å². The molecule has 4 rings (SSSR count). The third-order valence-electron chi connectivity index (χ3n) is 5.85. The van der Waals surface area contributed by atoms with Crippen LogP contribution in [0.5, 0.6) is 0 Å². The lowest BCUT2D eigenvalue weighted by atomic mass is 9.71. The monoisotopic (exact) mass is 405 g/mol. The molecule has 0 fully saturated rings. The summed E-state index contributed by atoms with van der Waals surface area (Å²) in [6, 6.07) is 15.7. The van der Waals surface area contributed by atoms with Crippen LogP contribution in [0.4, 0.5) is 5.69 Å². The lowest BCUT2D eigenvalue weighted by Crippen LogP contribution is -2.61. The molecule has 2 aromatic rings. The highest BCUT2D eigenvalue weighted by Gasteiger charge is 2.49.